The fraction of sp³-hybridized carbons (Fsp3) is 0.438. The summed E-state index contributed by atoms with van der Waals surface area (Å²) in [6.07, 6.45) is -1.24. The van der Waals surface area contributed by atoms with Gasteiger partial charge in [0.05, 0.1) is 6.54 Å². The molecule has 3 heterocycles. The number of hydrogen-bond acceptors (Lipinski definition) is 4. The van der Waals surface area contributed by atoms with E-state index < -0.39 is 23.4 Å². The molecule has 1 atom stereocenters. The molecule has 0 amide bonds. The molecule has 0 spiro atoms. The normalized spacial score (nSPS) is 17.9. The summed E-state index contributed by atoms with van der Waals surface area (Å²) in [5.41, 5.74) is -1.61. The molecule has 25 heavy (non-hydrogen) atoms. The van der Waals surface area contributed by atoms with Crippen LogP contribution in [0.1, 0.15) is 35.0 Å². The number of hydrogen-bond donors (Lipinski definition) is 1. The SMILES string of the molecule is C[C@@H]1CCN(c2ccc(Cn3cc(C(=O)O)c(C(F)(F)F)n3)cn2)C1. The molecule has 2 aromatic heterocycles. The first kappa shape index (κ1) is 17.2. The van der Waals surface area contributed by atoms with Crippen LogP contribution in [0.25, 0.3) is 0 Å². The van der Waals surface area contributed by atoms with Gasteiger partial charge in [0.15, 0.2) is 5.69 Å². The molecule has 1 saturated heterocycles. The van der Waals surface area contributed by atoms with Gasteiger partial charge in [0, 0.05) is 25.5 Å². The number of rotatable bonds is 4. The topological polar surface area (TPSA) is 71.2 Å². The molecule has 0 radical (unpaired) electrons. The van der Waals surface area contributed by atoms with Crippen LogP contribution in [0.3, 0.4) is 0 Å². The third kappa shape index (κ3) is 3.75. The van der Waals surface area contributed by atoms with Crippen molar-refractivity contribution < 1.29 is 23.1 Å². The van der Waals surface area contributed by atoms with E-state index in [1.807, 2.05) is 6.07 Å². The van der Waals surface area contributed by atoms with Gasteiger partial charge in [-0.05, 0) is 24.0 Å². The number of pyridine rings is 1. The number of aromatic nitrogens is 3. The molecule has 1 aliphatic heterocycles. The maximum atomic E-state index is 12.9. The Balaban J connectivity index is 1.77. The predicted octanol–water partition coefficient (Wildman–Crippen LogP) is 2.89. The van der Waals surface area contributed by atoms with Crippen LogP contribution in [0.2, 0.25) is 0 Å². The van der Waals surface area contributed by atoms with E-state index in [9.17, 15) is 18.0 Å². The van der Waals surface area contributed by atoms with E-state index in [2.05, 4.69) is 21.9 Å². The summed E-state index contributed by atoms with van der Waals surface area (Å²) in [4.78, 5) is 17.5. The molecular weight excluding hydrogens is 337 g/mol. The summed E-state index contributed by atoms with van der Waals surface area (Å²) in [7, 11) is 0. The van der Waals surface area contributed by atoms with Crippen LogP contribution in [0.4, 0.5) is 19.0 Å². The van der Waals surface area contributed by atoms with Crippen LogP contribution in [0.5, 0.6) is 0 Å². The summed E-state index contributed by atoms with van der Waals surface area (Å²) in [6, 6.07) is 3.58. The second-order valence-corrected chi connectivity index (χ2v) is 6.26. The molecule has 0 aliphatic carbocycles. The van der Waals surface area contributed by atoms with Gasteiger partial charge in [-0.2, -0.15) is 18.3 Å². The molecule has 0 saturated carbocycles. The van der Waals surface area contributed by atoms with Crippen LogP contribution in [0, 0.1) is 5.92 Å². The summed E-state index contributed by atoms with van der Waals surface area (Å²) in [6.45, 7) is 4.05. The first-order valence-corrected chi connectivity index (χ1v) is 7.82. The third-order valence-corrected chi connectivity index (χ3v) is 4.16. The van der Waals surface area contributed by atoms with E-state index in [4.69, 9.17) is 5.11 Å². The van der Waals surface area contributed by atoms with Crippen LogP contribution in [-0.4, -0.2) is 38.9 Å². The molecule has 2 aromatic rings. The van der Waals surface area contributed by atoms with Crippen molar-refractivity contribution in [3.05, 3.63) is 41.3 Å². The Hall–Kier alpha value is -2.58. The van der Waals surface area contributed by atoms with Crippen molar-refractivity contribution in [2.24, 2.45) is 5.92 Å². The fourth-order valence-electron chi connectivity index (χ4n) is 2.90. The molecule has 6 nitrogen and oxygen atoms in total. The van der Waals surface area contributed by atoms with E-state index in [-0.39, 0.29) is 6.54 Å². The number of carboxylic acids is 1. The molecule has 1 fully saturated rings. The van der Waals surface area contributed by atoms with Crippen LogP contribution < -0.4 is 4.90 Å². The van der Waals surface area contributed by atoms with Crippen molar-refractivity contribution in [3.8, 4) is 0 Å². The molecule has 1 aliphatic rings. The van der Waals surface area contributed by atoms with E-state index in [0.717, 1.165) is 36.2 Å². The van der Waals surface area contributed by atoms with E-state index in [1.54, 1.807) is 12.3 Å². The zero-order valence-corrected chi connectivity index (χ0v) is 13.5. The smallest absolute Gasteiger partial charge is 0.436 e. The summed E-state index contributed by atoms with van der Waals surface area (Å²) in [5.74, 6) is -0.216. The number of anilines is 1. The second-order valence-electron chi connectivity index (χ2n) is 6.26. The third-order valence-electron chi connectivity index (χ3n) is 4.16. The molecule has 0 bridgehead atoms. The Labute approximate surface area is 141 Å². The van der Waals surface area contributed by atoms with Crippen molar-refractivity contribution >= 4 is 11.8 Å². The van der Waals surface area contributed by atoms with E-state index >= 15 is 0 Å². The first-order chi connectivity index (χ1) is 11.7. The highest BCUT2D eigenvalue weighted by atomic mass is 19.4. The second kappa shape index (κ2) is 6.38. The van der Waals surface area contributed by atoms with Gasteiger partial charge in [-0.15, -0.1) is 0 Å². The summed E-state index contributed by atoms with van der Waals surface area (Å²) in [5, 5.41) is 12.3. The molecule has 1 N–H and O–H groups in total. The minimum absolute atomic E-state index is 0.0139. The lowest BCUT2D eigenvalue weighted by molar-refractivity contribution is -0.142. The van der Waals surface area contributed by atoms with E-state index in [0.29, 0.717) is 11.5 Å². The number of nitrogens with zero attached hydrogens (tertiary/aromatic N) is 4. The van der Waals surface area contributed by atoms with Gasteiger partial charge in [0.25, 0.3) is 0 Å². The standard InChI is InChI=1S/C16H17F3N4O2/c1-10-4-5-22(7-10)13-3-2-11(6-20-13)8-23-9-12(15(24)25)14(21-23)16(17,18)19/h2-3,6,9-10H,4-5,7-8H2,1H3,(H,24,25)/t10-/m1/s1. The van der Waals surface area contributed by atoms with Crippen molar-refractivity contribution in [2.75, 3.05) is 18.0 Å². The molecule has 9 heteroatoms. The molecule has 0 unspecified atom stereocenters. The number of alkyl halides is 3. The summed E-state index contributed by atoms with van der Waals surface area (Å²) >= 11 is 0. The van der Waals surface area contributed by atoms with Crippen LogP contribution in [0.15, 0.2) is 24.5 Å². The van der Waals surface area contributed by atoms with Crippen molar-refractivity contribution in [1.82, 2.24) is 14.8 Å². The van der Waals surface area contributed by atoms with Crippen LogP contribution >= 0.6 is 0 Å². The fourth-order valence-corrected chi connectivity index (χ4v) is 2.90. The minimum atomic E-state index is -4.81. The highest BCUT2D eigenvalue weighted by Crippen LogP contribution is 2.31. The predicted molar refractivity (Wildman–Crippen MR) is 83.5 cm³/mol. The minimum Gasteiger partial charge on any atom is -0.478 e. The Morgan fingerprint density at radius 3 is 2.64 bits per heavy atom. The Kier molecular flexibility index (Phi) is 4.40. The van der Waals surface area contributed by atoms with Gasteiger partial charge in [-0.1, -0.05) is 13.0 Å². The molecule has 3 rings (SSSR count). The maximum Gasteiger partial charge on any atom is 0.436 e. The highest BCUT2D eigenvalue weighted by molar-refractivity contribution is 5.88. The average molecular weight is 354 g/mol. The highest BCUT2D eigenvalue weighted by Gasteiger charge is 2.39. The lowest BCUT2D eigenvalue weighted by Crippen LogP contribution is -2.20. The zero-order valence-electron chi connectivity index (χ0n) is 13.5. The molecule has 0 aromatic carbocycles. The number of carbonyl (C=O) groups is 1. The van der Waals surface area contributed by atoms with Crippen molar-refractivity contribution in [1.29, 1.82) is 0 Å². The first-order valence-electron chi connectivity index (χ1n) is 7.82. The van der Waals surface area contributed by atoms with Gasteiger partial charge in [0.1, 0.15) is 11.4 Å². The quantitative estimate of drug-likeness (QED) is 0.914. The average Bonchev–Trinajstić information content (AvgIpc) is 3.14. The number of carboxylic acid groups (broad SMARTS) is 1. The maximum absolute atomic E-state index is 12.9. The largest absolute Gasteiger partial charge is 0.478 e. The molecule has 134 valence electrons. The van der Waals surface area contributed by atoms with Gasteiger partial charge in [0.2, 0.25) is 0 Å². The van der Waals surface area contributed by atoms with Gasteiger partial charge in [-0.3, -0.25) is 4.68 Å². The number of aromatic carboxylic acids is 1. The Morgan fingerprint density at radius 2 is 2.16 bits per heavy atom. The van der Waals surface area contributed by atoms with E-state index in [1.165, 1.54) is 0 Å². The Bertz CT molecular complexity index is 771. The van der Waals surface area contributed by atoms with Crippen molar-refractivity contribution in [3.63, 3.8) is 0 Å². The van der Waals surface area contributed by atoms with Gasteiger partial charge < -0.3 is 10.0 Å². The number of halogens is 3. The lowest BCUT2D eigenvalue weighted by Gasteiger charge is -2.17. The monoisotopic (exact) mass is 354 g/mol. The van der Waals surface area contributed by atoms with Crippen molar-refractivity contribution in [2.45, 2.75) is 26.1 Å². The summed E-state index contributed by atoms with van der Waals surface area (Å²) < 4.78 is 39.6. The van der Waals surface area contributed by atoms with Crippen LogP contribution in [-0.2, 0) is 12.7 Å². The lowest BCUT2D eigenvalue weighted by atomic mass is 10.2. The van der Waals surface area contributed by atoms with Gasteiger partial charge >= 0.3 is 12.1 Å². The Morgan fingerprint density at radius 1 is 1.40 bits per heavy atom. The van der Waals surface area contributed by atoms with Gasteiger partial charge in [-0.25, -0.2) is 9.78 Å². The molecular formula is C16H17F3N4O2. The zero-order chi connectivity index (χ0) is 18.2.